The lowest BCUT2D eigenvalue weighted by Gasteiger charge is -2.21. The molecule has 4 nitrogen and oxygen atoms in total. The molecule has 90 valence electrons. The summed E-state index contributed by atoms with van der Waals surface area (Å²) in [5.41, 5.74) is 0.567. The molecule has 0 aromatic heterocycles. The molecule has 0 aliphatic carbocycles. The molecule has 0 radical (unpaired) electrons. The lowest BCUT2D eigenvalue weighted by molar-refractivity contribution is -0.127. The summed E-state index contributed by atoms with van der Waals surface area (Å²) in [5, 5.41) is 8.62. The van der Waals surface area contributed by atoms with E-state index in [1.165, 1.54) is 21.9 Å². The maximum absolute atomic E-state index is 13.6. The van der Waals surface area contributed by atoms with Crippen LogP contribution in [0.5, 0.6) is 0 Å². The van der Waals surface area contributed by atoms with E-state index in [1.807, 2.05) is 6.07 Å². The number of anilines is 1. The van der Waals surface area contributed by atoms with Gasteiger partial charge in [-0.05, 0) is 18.2 Å². The van der Waals surface area contributed by atoms with Gasteiger partial charge in [0.2, 0.25) is 5.91 Å². The molecule has 0 heterocycles. The number of carbonyl (C=O) groups is 1. The van der Waals surface area contributed by atoms with Crippen LogP contribution in [0.25, 0.3) is 0 Å². The normalized spacial score (nSPS) is 9.59. The molecule has 0 fully saturated rings. The highest BCUT2D eigenvalue weighted by Crippen LogP contribution is 2.18. The van der Waals surface area contributed by atoms with E-state index >= 15 is 0 Å². The maximum atomic E-state index is 13.6. The molecule has 0 bridgehead atoms. The molecule has 0 aliphatic heterocycles. The molecular formula is C12H14FN3O. The molecule has 0 spiro atoms. The van der Waals surface area contributed by atoms with E-state index in [0.29, 0.717) is 5.69 Å². The minimum Gasteiger partial charge on any atom is -0.363 e. The molecule has 1 rings (SSSR count). The molecular weight excluding hydrogens is 221 g/mol. The number of amides is 1. The summed E-state index contributed by atoms with van der Waals surface area (Å²) in [5.74, 6) is -0.616. The number of carbonyl (C=O) groups excluding carboxylic acids is 1. The summed E-state index contributed by atoms with van der Waals surface area (Å²) in [6.45, 7) is 0.0931. The van der Waals surface area contributed by atoms with Gasteiger partial charge in [-0.15, -0.1) is 0 Å². The van der Waals surface area contributed by atoms with Gasteiger partial charge in [0.25, 0.3) is 0 Å². The van der Waals surface area contributed by atoms with Crippen molar-refractivity contribution in [3.8, 4) is 6.07 Å². The van der Waals surface area contributed by atoms with Crippen LogP contribution in [0.4, 0.5) is 10.1 Å². The number of nitrogens with zero attached hydrogens (tertiary/aromatic N) is 3. The Bertz CT molecular complexity index is 465. The minimum atomic E-state index is -0.502. The molecule has 1 amide bonds. The first-order chi connectivity index (χ1) is 7.95. The van der Waals surface area contributed by atoms with Crippen LogP contribution < -0.4 is 4.90 Å². The van der Waals surface area contributed by atoms with Gasteiger partial charge in [0.05, 0.1) is 23.9 Å². The standard InChI is InChI=1S/C12H14FN3O/c1-15(2)12(17)8-16(3)11-5-4-9(7-14)6-10(11)13/h4-6H,8H2,1-3H3. The first-order valence-corrected chi connectivity index (χ1v) is 5.06. The van der Waals surface area contributed by atoms with Crippen LogP contribution in [0, 0.1) is 17.1 Å². The van der Waals surface area contributed by atoms with Gasteiger partial charge >= 0.3 is 0 Å². The predicted octanol–water partition coefficient (Wildman–Crippen LogP) is 1.22. The van der Waals surface area contributed by atoms with Gasteiger partial charge in [-0.25, -0.2) is 4.39 Å². The summed E-state index contributed by atoms with van der Waals surface area (Å²) in [7, 11) is 4.92. The van der Waals surface area contributed by atoms with Gasteiger partial charge in [-0.2, -0.15) is 5.26 Å². The van der Waals surface area contributed by atoms with Crippen LogP contribution >= 0.6 is 0 Å². The number of hydrogen-bond donors (Lipinski definition) is 0. The highest BCUT2D eigenvalue weighted by atomic mass is 19.1. The van der Waals surface area contributed by atoms with Crippen molar-refractivity contribution < 1.29 is 9.18 Å². The number of likely N-dealkylation sites (N-methyl/N-ethyl adjacent to an activating group) is 2. The van der Waals surface area contributed by atoms with Gasteiger partial charge in [-0.1, -0.05) is 0 Å². The Morgan fingerprint density at radius 2 is 2.06 bits per heavy atom. The lowest BCUT2D eigenvalue weighted by atomic mass is 10.2. The highest BCUT2D eigenvalue weighted by molar-refractivity contribution is 5.80. The number of benzene rings is 1. The van der Waals surface area contributed by atoms with Crippen molar-refractivity contribution >= 4 is 11.6 Å². The van der Waals surface area contributed by atoms with Gasteiger partial charge < -0.3 is 9.80 Å². The fraction of sp³-hybridized carbons (Fsp3) is 0.333. The summed E-state index contributed by atoms with van der Waals surface area (Å²) < 4.78 is 13.6. The average molecular weight is 235 g/mol. The van der Waals surface area contributed by atoms with Crippen LogP contribution in [0.2, 0.25) is 0 Å². The van der Waals surface area contributed by atoms with E-state index in [4.69, 9.17) is 5.26 Å². The third-order valence-corrected chi connectivity index (χ3v) is 2.36. The van der Waals surface area contributed by atoms with Crippen LogP contribution in [0.1, 0.15) is 5.56 Å². The Kier molecular flexibility index (Phi) is 4.05. The van der Waals surface area contributed by atoms with Gasteiger partial charge in [0.1, 0.15) is 5.82 Å². The number of halogens is 1. The molecule has 0 atom stereocenters. The Morgan fingerprint density at radius 3 is 2.53 bits per heavy atom. The molecule has 0 unspecified atom stereocenters. The Morgan fingerprint density at radius 1 is 1.41 bits per heavy atom. The Hall–Kier alpha value is -2.09. The van der Waals surface area contributed by atoms with Crippen molar-refractivity contribution in [3.63, 3.8) is 0 Å². The number of hydrogen-bond acceptors (Lipinski definition) is 3. The summed E-state index contributed by atoms with van der Waals surface area (Å²) >= 11 is 0. The topological polar surface area (TPSA) is 47.3 Å². The molecule has 1 aromatic rings. The second-order valence-electron chi connectivity index (χ2n) is 3.92. The minimum absolute atomic E-state index is 0.0931. The van der Waals surface area contributed by atoms with E-state index in [2.05, 4.69) is 0 Å². The van der Waals surface area contributed by atoms with E-state index in [-0.39, 0.29) is 18.0 Å². The van der Waals surface area contributed by atoms with Crippen molar-refractivity contribution in [1.29, 1.82) is 5.26 Å². The Labute approximate surface area is 99.9 Å². The van der Waals surface area contributed by atoms with Crippen molar-refractivity contribution in [2.45, 2.75) is 0 Å². The predicted molar refractivity (Wildman–Crippen MR) is 63.1 cm³/mol. The number of nitriles is 1. The third-order valence-electron chi connectivity index (χ3n) is 2.36. The fourth-order valence-electron chi connectivity index (χ4n) is 1.32. The summed E-state index contributed by atoms with van der Waals surface area (Å²) in [6.07, 6.45) is 0. The molecule has 17 heavy (non-hydrogen) atoms. The van der Waals surface area contributed by atoms with E-state index in [9.17, 15) is 9.18 Å². The number of rotatable bonds is 3. The van der Waals surface area contributed by atoms with Gasteiger partial charge in [-0.3, -0.25) is 4.79 Å². The van der Waals surface area contributed by atoms with E-state index in [0.717, 1.165) is 6.07 Å². The maximum Gasteiger partial charge on any atom is 0.241 e. The highest BCUT2D eigenvalue weighted by Gasteiger charge is 2.12. The van der Waals surface area contributed by atoms with Crippen molar-refractivity contribution in [2.75, 3.05) is 32.6 Å². The van der Waals surface area contributed by atoms with Crippen molar-refractivity contribution in [3.05, 3.63) is 29.6 Å². The van der Waals surface area contributed by atoms with Crippen LogP contribution in [0.15, 0.2) is 18.2 Å². The zero-order valence-corrected chi connectivity index (χ0v) is 10.1. The van der Waals surface area contributed by atoms with E-state index in [1.54, 1.807) is 21.1 Å². The third kappa shape index (κ3) is 3.18. The van der Waals surface area contributed by atoms with Crippen molar-refractivity contribution in [2.24, 2.45) is 0 Å². The first-order valence-electron chi connectivity index (χ1n) is 5.06. The van der Waals surface area contributed by atoms with Gasteiger partial charge in [0, 0.05) is 21.1 Å². The van der Waals surface area contributed by atoms with Crippen LogP contribution in [0.3, 0.4) is 0 Å². The summed E-state index contributed by atoms with van der Waals surface area (Å²) in [6, 6.07) is 6.04. The zero-order valence-electron chi connectivity index (χ0n) is 10.1. The molecule has 0 saturated heterocycles. The molecule has 0 N–H and O–H groups in total. The molecule has 0 aliphatic rings. The molecule has 1 aromatic carbocycles. The quantitative estimate of drug-likeness (QED) is 0.791. The lowest BCUT2D eigenvalue weighted by Crippen LogP contribution is -2.34. The molecule has 0 saturated carbocycles. The monoisotopic (exact) mass is 235 g/mol. The SMILES string of the molecule is CN(C)C(=O)CN(C)c1ccc(C#N)cc1F. The van der Waals surface area contributed by atoms with Crippen LogP contribution in [-0.2, 0) is 4.79 Å². The Balaban J connectivity index is 2.87. The summed E-state index contributed by atoms with van der Waals surface area (Å²) in [4.78, 5) is 14.4. The first kappa shape index (κ1) is 13.0. The molecule has 5 heteroatoms. The zero-order chi connectivity index (χ0) is 13.0. The second kappa shape index (κ2) is 5.30. The van der Waals surface area contributed by atoms with Crippen molar-refractivity contribution in [1.82, 2.24) is 4.90 Å². The second-order valence-corrected chi connectivity index (χ2v) is 3.92. The smallest absolute Gasteiger partial charge is 0.241 e. The fourth-order valence-corrected chi connectivity index (χ4v) is 1.32. The largest absolute Gasteiger partial charge is 0.363 e. The van der Waals surface area contributed by atoms with Gasteiger partial charge in [0.15, 0.2) is 0 Å². The van der Waals surface area contributed by atoms with Crippen LogP contribution in [-0.4, -0.2) is 38.5 Å². The van der Waals surface area contributed by atoms with E-state index < -0.39 is 5.82 Å². The average Bonchev–Trinajstić information content (AvgIpc) is 2.28.